The minimum atomic E-state index is 0.363. The van der Waals surface area contributed by atoms with Crippen LogP contribution in [0.2, 0.25) is 0 Å². The van der Waals surface area contributed by atoms with Gasteiger partial charge in [-0.15, -0.1) is 0 Å². The van der Waals surface area contributed by atoms with Crippen molar-refractivity contribution in [2.75, 3.05) is 66.1 Å². The van der Waals surface area contributed by atoms with Crippen LogP contribution in [0.25, 0.3) is 0 Å². The Labute approximate surface area is 154 Å². The Bertz CT molecular complexity index is 468. The normalized spacial score (nSPS) is 20.0. The minimum Gasteiger partial charge on any atom is -0.377 e. The molecule has 0 N–H and O–H groups in total. The van der Waals surface area contributed by atoms with E-state index in [9.17, 15) is 4.79 Å². The zero-order valence-corrected chi connectivity index (χ0v) is 15.2. The zero-order valence-electron chi connectivity index (χ0n) is 15.2. The highest BCUT2D eigenvalue weighted by Crippen LogP contribution is 2.15. The van der Waals surface area contributed by atoms with Crippen LogP contribution in [0.1, 0.15) is 21.5 Å². The molecule has 0 saturated carbocycles. The molecule has 0 saturated heterocycles. The van der Waals surface area contributed by atoms with Gasteiger partial charge in [-0.25, -0.2) is 0 Å². The number of fused-ring (bicyclic) bond motifs is 2. The lowest BCUT2D eigenvalue weighted by atomic mass is 10.0. The Morgan fingerprint density at radius 2 is 0.923 bits per heavy atom. The van der Waals surface area contributed by atoms with E-state index in [1.54, 1.807) is 0 Å². The number of hydrogen-bond donors (Lipinski definition) is 0. The summed E-state index contributed by atoms with van der Waals surface area (Å²) < 4.78 is 32.9. The molecule has 0 aliphatic carbocycles. The SMILES string of the molecule is O=Cc1c2cccc1COCCOCCOCCOCCOCCOC2. The molecule has 1 aliphatic rings. The second-order valence-corrected chi connectivity index (χ2v) is 5.66. The van der Waals surface area contributed by atoms with Crippen molar-refractivity contribution in [2.45, 2.75) is 13.2 Å². The molecule has 1 aromatic carbocycles. The number of rotatable bonds is 1. The van der Waals surface area contributed by atoms with E-state index in [4.69, 9.17) is 28.4 Å². The molecule has 26 heavy (non-hydrogen) atoms. The maximum absolute atomic E-state index is 11.5. The largest absolute Gasteiger partial charge is 0.377 e. The first-order chi connectivity index (χ1) is 12.9. The Hall–Kier alpha value is -1.35. The van der Waals surface area contributed by atoms with Crippen LogP contribution in [0.15, 0.2) is 18.2 Å². The summed E-state index contributed by atoms with van der Waals surface area (Å²) in [4.78, 5) is 11.5. The van der Waals surface area contributed by atoms with E-state index in [1.165, 1.54) is 0 Å². The van der Waals surface area contributed by atoms with Gasteiger partial charge in [0, 0.05) is 5.56 Å². The summed E-state index contributed by atoms with van der Waals surface area (Å²) in [5.74, 6) is 0. The quantitative estimate of drug-likeness (QED) is 0.698. The van der Waals surface area contributed by atoms with E-state index in [1.807, 2.05) is 18.2 Å². The van der Waals surface area contributed by atoms with Crippen LogP contribution in [-0.4, -0.2) is 72.4 Å². The van der Waals surface area contributed by atoms with Crippen molar-refractivity contribution in [2.24, 2.45) is 0 Å². The van der Waals surface area contributed by atoms with Crippen LogP contribution in [0.4, 0.5) is 0 Å². The van der Waals surface area contributed by atoms with Gasteiger partial charge in [0.2, 0.25) is 0 Å². The summed E-state index contributed by atoms with van der Waals surface area (Å²) in [6.45, 7) is 5.75. The van der Waals surface area contributed by atoms with Crippen molar-refractivity contribution in [3.8, 4) is 0 Å². The van der Waals surface area contributed by atoms with Crippen molar-refractivity contribution in [1.29, 1.82) is 0 Å². The predicted octanol–water partition coefficient (Wildman–Crippen LogP) is 1.61. The maximum Gasteiger partial charge on any atom is 0.150 e. The number of carbonyl (C=O) groups excluding carboxylic acids is 1. The monoisotopic (exact) mass is 368 g/mol. The van der Waals surface area contributed by atoms with Gasteiger partial charge >= 0.3 is 0 Å². The lowest BCUT2D eigenvalue weighted by Gasteiger charge is -2.12. The van der Waals surface area contributed by atoms with Crippen molar-refractivity contribution >= 4 is 6.29 Å². The van der Waals surface area contributed by atoms with Gasteiger partial charge in [-0.3, -0.25) is 4.79 Å². The highest BCUT2D eigenvalue weighted by Gasteiger charge is 2.08. The first-order valence-corrected chi connectivity index (χ1v) is 8.94. The second kappa shape index (κ2) is 13.8. The Balaban J connectivity index is 1.85. The third-order valence-corrected chi connectivity index (χ3v) is 3.78. The van der Waals surface area contributed by atoms with E-state index >= 15 is 0 Å². The minimum absolute atomic E-state index is 0.363. The molecule has 0 spiro atoms. The van der Waals surface area contributed by atoms with E-state index < -0.39 is 0 Å². The van der Waals surface area contributed by atoms with Crippen LogP contribution in [-0.2, 0) is 41.6 Å². The predicted molar refractivity (Wildman–Crippen MR) is 94.4 cm³/mol. The molecule has 7 nitrogen and oxygen atoms in total. The third kappa shape index (κ3) is 8.35. The van der Waals surface area contributed by atoms with Gasteiger partial charge in [-0.1, -0.05) is 18.2 Å². The first kappa shape index (κ1) is 21.0. The zero-order chi connectivity index (χ0) is 18.3. The number of hydrogen-bond acceptors (Lipinski definition) is 7. The fourth-order valence-electron chi connectivity index (χ4n) is 2.43. The van der Waals surface area contributed by atoms with Crippen LogP contribution in [0.5, 0.6) is 0 Å². The Morgan fingerprint density at radius 1 is 0.577 bits per heavy atom. The fourth-order valence-corrected chi connectivity index (χ4v) is 2.43. The second-order valence-electron chi connectivity index (χ2n) is 5.66. The molecule has 1 aromatic rings. The van der Waals surface area contributed by atoms with Crippen molar-refractivity contribution in [3.05, 3.63) is 34.9 Å². The number of carbonyl (C=O) groups is 1. The molecule has 7 heteroatoms. The Kier molecular flexibility index (Phi) is 11.1. The topological polar surface area (TPSA) is 72.5 Å². The molecule has 0 amide bonds. The highest BCUT2D eigenvalue weighted by atomic mass is 16.6. The summed E-state index contributed by atoms with van der Waals surface area (Å²) in [5, 5.41) is 0. The highest BCUT2D eigenvalue weighted by molar-refractivity contribution is 5.79. The van der Waals surface area contributed by atoms with Gasteiger partial charge in [0.15, 0.2) is 6.29 Å². The summed E-state index contributed by atoms with van der Waals surface area (Å²) in [5.41, 5.74) is 2.33. The van der Waals surface area contributed by atoms with Crippen molar-refractivity contribution in [1.82, 2.24) is 0 Å². The van der Waals surface area contributed by atoms with Gasteiger partial charge in [-0.2, -0.15) is 0 Å². The first-order valence-electron chi connectivity index (χ1n) is 8.94. The van der Waals surface area contributed by atoms with Gasteiger partial charge in [0.25, 0.3) is 0 Å². The van der Waals surface area contributed by atoms with E-state index in [-0.39, 0.29) is 0 Å². The van der Waals surface area contributed by atoms with Crippen molar-refractivity contribution < 1.29 is 33.2 Å². The summed E-state index contributed by atoms with van der Waals surface area (Å²) in [6, 6.07) is 5.68. The van der Waals surface area contributed by atoms with Crippen LogP contribution in [0, 0.1) is 0 Å². The lowest BCUT2D eigenvalue weighted by Crippen LogP contribution is -2.13. The van der Waals surface area contributed by atoms with Gasteiger partial charge < -0.3 is 28.4 Å². The average Bonchev–Trinajstić information content (AvgIpc) is 2.66. The van der Waals surface area contributed by atoms with E-state index in [2.05, 4.69) is 0 Å². The number of ether oxygens (including phenoxy) is 6. The molecule has 0 fully saturated rings. The van der Waals surface area contributed by atoms with E-state index in [0.717, 1.165) is 17.4 Å². The summed E-state index contributed by atoms with van der Waals surface area (Å²) in [7, 11) is 0. The molecule has 2 bridgehead atoms. The summed E-state index contributed by atoms with van der Waals surface area (Å²) >= 11 is 0. The fraction of sp³-hybridized carbons (Fsp3) is 0.632. The lowest BCUT2D eigenvalue weighted by molar-refractivity contribution is -0.0181. The van der Waals surface area contributed by atoms with Crippen LogP contribution < -0.4 is 0 Å². The van der Waals surface area contributed by atoms with Crippen LogP contribution >= 0.6 is 0 Å². The molecule has 0 radical (unpaired) electrons. The van der Waals surface area contributed by atoms with Crippen LogP contribution in [0.3, 0.4) is 0 Å². The Morgan fingerprint density at radius 3 is 1.27 bits per heavy atom. The standard InChI is InChI=1S/C19H28O7/c20-14-19-17-2-1-3-18(19)16-26-13-11-24-9-7-22-5-4-21-6-8-23-10-12-25-15-17/h1-3,14H,4-13,15-16H2. The molecule has 0 unspecified atom stereocenters. The molecular formula is C19H28O7. The molecule has 146 valence electrons. The van der Waals surface area contributed by atoms with Gasteiger partial charge in [-0.05, 0) is 11.1 Å². The third-order valence-electron chi connectivity index (χ3n) is 3.78. The molecule has 2 rings (SSSR count). The van der Waals surface area contributed by atoms with Gasteiger partial charge in [0.1, 0.15) is 0 Å². The van der Waals surface area contributed by atoms with E-state index in [0.29, 0.717) is 84.8 Å². The number of aldehydes is 1. The molecule has 1 aliphatic heterocycles. The average molecular weight is 368 g/mol. The molecule has 0 atom stereocenters. The molecular weight excluding hydrogens is 340 g/mol. The molecule has 0 aromatic heterocycles. The number of benzene rings is 1. The smallest absolute Gasteiger partial charge is 0.150 e. The maximum atomic E-state index is 11.5. The summed E-state index contributed by atoms with van der Waals surface area (Å²) in [6.07, 6.45) is 0.856. The molecule has 1 heterocycles. The van der Waals surface area contributed by atoms with Crippen molar-refractivity contribution in [3.63, 3.8) is 0 Å². The van der Waals surface area contributed by atoms with Gasteiger partial charge in [0.05, 0.1) is 79.3 Å².